The minimum atomic E-state index is -0.590. The molecule has 0 bridgehead atoms. The number of aryl methyl sites for hydroxylation is 1. The van der Waals surface area contributed by atoms with Crippen LogP contribution in [-0.2, 0) is 0 Å². The zero-order chi connectivity index (χ0) is 13.3. The first-order chi connectivity index (χ1) is 8.49. The van der Waals surface area contributed by atoms with E-state index in [4.69, 9.17) is 21.1 Å². The van der Waals surface area contributed by atoms with Gasteiger partial charge < -0.3 is 14.8 Å². The molecule has 0 spiro atoms. The smallest absolute Gasteiger partial charge is 0.287 e. The summed E-state index contributed by atoms with van der Waals surface area (Å²) in [5.74, 6) is -0.0753. The van der Waals surface area contributed by atoms with Crippen molar-refractivity contribution >= 4 is 28.5 Å². The number of amides is 1. The normalized spacial score (nSPS) is 12.7. The summed E-state index contributed by atoms with van der Waals surface area (Å²) in [5, 5.41) is 13.2. The molecule has 2 rings (SSSR count). The minimum Gasteiger partial charge on any atom is -0.451 e. The molecular formula is C13H14ClNO3. The number of benzene rings is 1. The van der Waals surface area contributed by atoms with Crippen LogP contribution >= 0.6 is 11.6 Å². The summed E-state index contributed by atoms with van der Waals surface area (Å²) in [6, 6.07) is 5.21. The first-order valence-corrected chi connectivity index (χ1v) is 6.01. The lowest BCUT2D eigenvalue weighted by Gasteiger charge is -2.05. The fourth-order valence-electron chi connectivity index (χ4n) is 1.73. The molecule has 1 atom stereocenters. The number of halogens is 1. The molecule has 96 valence electrons. The van der Waals surface area contributed by atoms with Gasteiger partial charge in [-0.1, -0.05) is 11.6 Å². The van der Waals surface area contributed by atoms with Crippen molar-refractivity contribution in [2.45, 2.75) is 20.0 Å². The van der Waals surface area contributed by atoms with Crippen LogP contribution in [0.25, 0.3) is 11.0 Å². The zero-order valence-corrected chi connectivity index (χ0v) is 10.9. The van der Waals surface area contributed by atoms with Gasteiger partial charge in [0.05, 0.1) is 6.10 Å². The Labute approximate surface area is 110 Å². The summed E-state index contributed by atoms with van der Waals surface area (Å²) >= 11 is 5.91. The summed E-state index contributed by atoms with van der Waals surface area (Å²) in [5.41, 5.74) is 1.37. The molecule has 1 heterocycles. The molecule has 18 heavy (non-hydrogen) atoms. The third-order valence-electron chi connectivity index (χ3n) is 2.66. The Morgan fingerprint density at radius 2 is 2.28 bits per heavy atom. The van der Waals surface area contributed by atoms with Crippen LogP contribution < -0.4 is 5.32 Å². The number of furan rings is 1. The molecule has 0 aliphatic heterocycles. The van der Waals surface area contributed by atoms with Crippen LogP contribution in [0.3, 0.4) is 0 Å². The van der Waals surface area contributed by atoms with Crippen molar-refractivity contribution in [2.75, 3.05) is 6.54 Å². The molecule has 0 aliphatic carbocycles. The van der Waals surface area contributed by atoms with E-state index in [1.165, 1.54) is 0 Å². The van der Waals surface area contributed by atoms with Crippen LogP contribution in [0, 0.1) is 6.92 Å². The van der Waals surface area contributed by atoms with E-state index in [2.05, 4.69) is 5.32 Å². The molecule has 0 saturated heterocycles. The van der Waals surface area contributed by atoms with Gasteiger partial charge in [0, 0.05) is 22.5 Å². The van der Waals surface area contributed by atoms with Crippen molar-refractivity contribution < 1.29 is 14.3 Å². The van der Waals surface area contributed by atoms with Gasteiger partial charge in [0.25, 0.3) is 5.91 Å². The number of carbonyl (C=O) groups excluding carboxylic acids is 1. The number of fused-ring (bicyclic) bond motifs is 1. The molecule has 1 amide bonds. The maximum absolute atomic E-state index is 11.9. The summed E-state index contributed by atoms with van der Waals surface area (Å²) in [4.78, 5) is 11.9. The predicted molar refractivity (Wildman–Crippen MR) is 70.0 cm³/mol. The number of carbonyl (C=O) groups is 1. The molecule has 2 aromatic rings. The van der Waals surface area contributed by atoms with Crippen molar-refractivity contribution in [3.05, 3.63) is 34.5 Å². The van der Waals surface area contributed by atoms with Gasteiger partial charge in [-0.25, -0.2) is 0 Å². The topological polar surface area (TPSA) is 62.5 Å². The Bertz CT molecular complexity index is 589. The highest BCUT2D eigenvalue weighted by atomic mass is 35.5. The maximum Gasteiger partial charge on any atom is 0.287 e. The molecule has 2 N–H and O–H groups in total. The Balaban J connectivity index is 2.34. The van der Waals surface area contributed by atoms with Gasteiger partial charge in [-0.15, -0.1) is 0 Å². The van der Waals surface area contributed by atoms with Gasteiger partial charge in [-0.3, -0.25) is 4.79 Å². The number of hydrogen-bond donors (Lipinski definition) is 2. The van der Waals surface area contributed by atoms with Crippen LogP contribution in [0.15, 0.2) is 22.6 Å². The average molecular weight is 268 g/mol. The molecule has 0 fully saturated rings. The van der Waals surface area contributed by atoms with Crippen molar-refractivity contribution in [2.24, 2.45) is 0 Å². The van der Waals surface area contributed by atoms with E-state index in [0.29, 0.717) is 10.6 Å². The van der Waals surface area contributed by atoms with Crippen LogP contribution in [0.5, 0.6) is 0 Å². The quantitative estimate of drug-likeness (QED) is 0.898. The van der Waals surface area contributed by atoms with E-state index in [1.807, 2.05) is 0 Å². The Morgan fingerprint density at radius 1 is 1.56 bits per heavy atom. The van der Waals surface area contributed by atoms with E-state index in [0.717, 1.165) is 10.9 Å². The van der Waals surface area contributed by atoms with E-state index in [9.17, 15) is 4.79 Å². The van der Waals surface area contributed by atoms with Gasteiger partial charge in [0.15, 0.2) is 5.76 Å². The van der Waals surface area contributed by atoms with Gasteiger partial charge in [-0.05, 0) is 32.0 Å². The zero-order valence-electron chi connectivity index (χ0n) is 10.2. The molecule has 5 heteroatoms. The largest absolute Gasteiger partial charge is 0.451 e. The summed E-state index contributed by atoms with van der Waals surface area (Å²) in [6.07, 6.45) is -0.590. The number of nitrogens with one attached hydrogen (secondary N) is 1. The second-order valence-electron chi connectivity index (χ2n) is 4.26. The van der Waals surface area contributed by atoms with E-state index >= 15 is 0 Å². The van der Waals surface area contributed by atoms with Crippen LogP contribution in [0.4, 0.5) is 0 Å². The highest BCUT2D eigenvalue weighted by Crippen LogP contribution is 2.27. The van der Waals surface area contributed by atoms with Gasteiger partial charge >= 0.3 is 0 Å². The molecule has 1 aromatic heterocycles. The second-order valence-corrected chi connectivity index (χ2v) is 4.69. The average Bonchev–Trinajstić information content (AvgIpc) is 2.64. The summed E-state index contributed by atoms with van der Waals surface area (Å²) in [6.45, 7) is 3.60. The Hall–Kier alpha value is -1.52. The molecule has 0 saturated carbocycles. The molecule has 1 aromatic carbocycles. The lowest BCUT2D eigenvalue weighted by Crippen LogP contribution is -2.30. The first kappa shape index (κ1) is 12.9. The Kier molecular flexibility index (Phi) is 3.59. The maximum atomic E-state index is 11.9. The number of hydrogen-bond acceptors (Lipinski definition) is 3. The second kappa shape index (κ2) is 5.00. The lowest BCUT2D eigenvalue weighted by atomic mass is 10.1. The fourth-order valence-corrected chi connectivity index (χ4v) is 1.90. The standard InChI is InChI=1S/C13H14ClNO3/c1-7(16)6-15-13(17)12-8(2)10-5-9(14)3-4-11(10)18-12/h3-5,7,16H,6H2,1-2H3,(H,15,17)/t7-/m1/s1. The third-order valence-corrected chi connectivity index (χ3v) is 2.90. The van der Waals surface area contributed by atoms with Gasteiger partial charge in [0.2, 0.25) is 0 Å². The molecule has 0 radical (unpaired) electrons. The third kappa shape index (κ3) is 2.49. The molecular weight excluding hydrogens is 254 g/mol. The molecule has 0 unspecified atom stereocenters. The van der Waals surface area contributed by atoms with Crippen molar-refractivity contribution in [3.8, 4) is 0 Å². The highest BCUT2D eigenvalue weighted by molar-refractivity contribution is 6.31. The number of rotatable bonds is 3. The predicted octanol–water partition coefficient (Wildman–Crippen LogP) is 2.51. The molecule has 4 nitrogen and oxygen atoms in total. The van der Waals surface area contributed by atoms with Crippen molar-refractivity contribution in [3.63, 3.8) is 0 Å². The van der Waals surface area contributed by atoms with Crippen LogP contribution in [0.1, 0.15) is 23.0 Å². The molecule has 0 aliphatic rings. The van der Waals surface area contributed by atoms with Crippen molar-refractivity contribution in [1.82, 2.24) is 5.32 Å². The highest BCUT2D eigenvalue weighted by Gasteiger charge is 2.17. The SMILES string of the molecule is Cc1c(C(=O)NC[C@@H](C)O)oc2ccc(Cl)cc12. The minimum absolute atomic E-state index is 0.191. The van der Waals surface area contributed by atoms with Gasteiger partial charge in [-0.2, -0.15) is 0 Å². The summed E-state index contributed by atoms with van der Waals surface area (Å²) in [7, 11) is 0. The Morgan fingerprint density at radius 3 is 2.94 bits per heavy atom. The van der Waals surface area contributed by atoms with E-state index in [1.54, 1.807) is 32.0 Å². The number of aliphatic hydroxyl groups excluding tert-OH is 1. The van der Waals surface area contributed by atoms with Gasteiger partial charge in [0.1, 0.15) is 5.58 Å². The number of aliphatic hydroxyl groups is 1. The van der Waals surface area contributed by atoms with Crippen LogP contribution in [0.2, 0.25) is 5.02 Å². The first-order valence-electron chi connectivity index (χ1n) is 5.64. The monoisotopic (exact) mass is 267 g/mol. The van der Waals surface area contributed by atoms with E-state index in [-0.39, 0.29) is 18.2 Å². The van der Waals surface area contributed by atoms with E-state index < -0.39 is 6.10 Å². The fraction of sp³-hybridized carbons (Fsp3) is 0.308. The van der Waals surface area contributed by atoms with Crippen molar-refractivity contribution in [1.29, 1.82) is 0 Å². The van der Waals surface area contributed by atoms with Crippen LogP contribution in [-0.4, -0.2) is 23.7 Å². The lowest BCUT2D eigenvalue weighted by molar-refractivity contribution is 0.0898. The summed E-state index contributed by atoms with van der Waals surface area (Å²) < 4.78 is 5.50.